The summed E-state index contributed by atoms with van der Waals surface area (Å²) in [5.41, 5.74) is 1.90. The van der Waals surface area contributed by atoms with Gasteiger partial charge in [0.15, 0.2) is 0 Å². The molecule has 8 nitrogen and oxygen atoms in total. The average Bonchev–Trinajstić information content (AvgIpc) is 3.32. The highest BCUT2D eigenvalue weighted by molar-refractivity contribution is 5.76. The van der Waals surface area contributed by atoms with E-state index in [0.717, 1.165) is 55.4 Å². The molecule has 0 bridgehead atoms. The Hall–Kier alpha value is -2.48. The predicted molar refractivity (Wildman–Crippen MR) is 121 cm³/mol. The lowest BCUT2D eigenvalue weighted by Gasteiger charge is -2.38. The van der Waals surface area contributed by atoms with Gasteiger partial charge in [-0.15, -0.1) is 0 Å². The van der Waals surface area contributed by atoms with E-state index in [-0.39, 0.29) is 17.4 Å². The van der Waals surface area contributed by atoms with Gasteiger partial charge in [-0.1, -0.05) is 6.92 Å². The number of aromatic amines is 1. The van der Waals surface area contributed by atoms with E-state index in [9.17, 15) is 9.59 Å². The number of carbonyl (C=O) groups is 1. The fourth-order valence-corrected chi connectivity index (χ4v) is 5.62. The van der Waals surface area contributed by atoms with Crippen LogP contribution in [-0.2, 0) is 24.3 Å². The van der Waals surface area contributed by atoms with Gasteiger partial charge >= 0.3 is 0 Å². The molecule has 2 aliphatic heterocycles. The molecule has 1 amide bonds. The van der Waals surface area contributed by atoms with E-state index >= 15 is 0 Å². The molecule has 2 aromatic rings. The summed E-state index contributed by atoms with van der Waals surface area (Å²) in [5.74, 6) is 1.98. The van der Waals surface area contributed by atoms with Crippen molar-refractivity contribution >= 4 is 5.91 Å². The lowest BCUT2D eigenvalue weighted by Crippen LogP contribution is -2.44. The van der Waals surface area contributed by atoms with Gasteiger partial charge < -0.3 is 14.5 Å². The number of rotatable bonds is 4. The van der Waals surface area contributed by atoms with Crippen molar-refractivity contribution in [1.29, 1.82) is 0 Å². The Morgan fingerprint density at radius 3 is 2.62 bits per heavy atom. The van der Waals surface area contributed by atoms with Crippen LogP contribution in [-0.4, -0.2) is 60.9 Å². The summed E-state index contributed by atoms with van der Waals surface area (Å²) >= 11 is 0. The maximum Gasteiger partial charge on any atom is 0.255 e. The van der Waals surface area contributed by atoms with Crippen LogP contribution in [0.25, 0.3) is 0 Å². The molecular weight excluding hydrogens is 404 g/mol. The van der Waals surface area contributed by atoms with Crippen LogP contribution >= 0.6 is 0 Å². The number of piperidine rings is 1. The highest BCUT2D eigenvalue weighted by Crippen LogP contribution is 2.30. The minimum atomic E-state index is 0.0393. The van der Waals surface area contributed by atoms with Gasteiger partial charge in [0.25, 0.3) is 5.56 Å². The van der Waals surface area contributed by atoms with Crippen LogP contribution in [0.15, 0.2) is 23.5 Å². The van der Waals surface area contributed by atoms with Gasteiger partial charge in [0.1, 0.15) is 12.4 Å². The molecule has 32 heavy (non-hydrogen) atoms. The Bertz CT molecular complexity index is 984. The molecule has 0 radical (unpaired) electrons. The summed E-state index contributed by atoms with van der Waals surface area (Å²) < 4.78 is 1.80. The first-order valence-corrected chi connectivity index (χ1v) is 12.2. The van der Waals surface area contributed by atoms with Crippen LogP contribution in [0.2, 0.25) is 0 Å². The van der Waals surface area contributed by atoms with Crippen LogP contribution in [0.4, 0.5) is 0 Å². The minimum absolute atomic E-state index is 0.0393. The van der Waals surface area contributed by atoms with Crippen LogP contribution < -0.4 is 5.56 Å². The summed E-state index contributed by atoms with van der Waals surface area (Å²) in [6.45, 7) is 5.81. The van der Waals surface area contributed by atoms with Crippen molar-refractivity contribution in [2.45, 2.75) is 76.9 Å². The third-order valence-electron chi connectivity index (χ3n) is 7.73. The molecule has 8 heteroatoms. The summed E-state index contributed by atoms with van der Waals surface area (Å²) in [6.07, 6.45) is 12.8. The van der Waals surface area contributed by atoms with E-state index in [4.69, 9.17) is 4.98 Å². The highest BCUT2D eigenvalue weighted by Gasteiger charge is 2.31. The Morgan fingerprint density at radius 1 is 1.12 bits per heavy atom. The number of imidazole rings is 1. The second-order valence-corrected chi connectivity index (χ2v) is 9.90. The minimum Gasteiger partial charge on any atom is -0.341 e. The number of nitrogens with one attached hydrogen (secondary N) is 1. The van der Waals surface area contributed by atoms with Crippen molar-refractivity contribution in [3.63, 3.8) is 0 Å². The zero-order valence-electron chi connectivity index (χ0n) is 19.0. The number of fused-ring (bicyclic) bond motifs is 1. The molecule has 4 heterocycles. The van der Waals surface area contributed by atoms with Crippen molar-refractivity contribution in [2.75, 3.05) is 19.6 Å². The summed E-state index contributed by atoms with van der Waals surface area (Å²) in [5, 5.41) is 0. The van der Waals surface area contributed by atoms with Gasteiger partial charge in [-0.25, -0.2) is 9.97 Å². The monoisotopic (exact) mass is 438 g/mol. The fraction of sp³-hybridized carbons (Fsp3) is 0.667. The van der Waals surface area contributed by atoms with Gasteiger partial charge in [-0.2, -0.15) is 0 Å². The summed E-state index contributed by atoms with van der Waals surface area (Å²) in [6, 6.07) is 0.614. The standard InChI is InChI=1S/C24H34N6O2/c1-17-2-4-19(5-3-17)30-12-8-21-20(14-30)24(32)27-23(26-21)18-6-10-29(11-7-18)22(31)15-28-13-9-25-16-28/h9,13,16-19H,2-8,10-12,14-15H2,1H3,(H,26,27,32). The van der Waals surface area contributed by atoms with Gasteiger partial charge in [0.05, 0.1) is 17.6 Å². The number of amides is 1. The second kappa shape index (κ2) is 9.17. The number of hydrogen-bond acceptors (Lipinski definition) is 5. The molecule has 1 saturated heterocycles. The fourth-order valence-electron chi connectivity index (χ4n) is 5.62. The first-order chi connectivity index (χ1) is 15.6. The van der Waals surface area contributed by atoms with E-state index in [1.165, 1.54) is 25.7 Å². The van der Waals surface area contributed by atoms with Crippen LogP contribution in [0, 0.1) is 5.92 Å². The molecule has 1 aliphatic carbocycles. The van der Waals surface area contributed by atoms with Gasteiger partial charge in [0.2, 0.25) is 5.91 Å². The SMILES string of the molecule is CC1CCC(N2CCc3nc(C4CCN(C(=O)Cn5ccnc5)CC4)[nH]c(=O)c3C2)CC1. The second-order valence-electron chi connectivity index (χ2n) is 9.90. The van der Waals surface area contributed by atoms with Gasteiger partial charge in [0, 0.05) is 57.0 Å². The van der Waals surface area contributed by atoms with E-state index in [0.29, 0.717) is 25.7 Å². The molecule has 1 saturated carbocycles. The molecule has 3 aliphatic rings. The van der Waals surface area contributed by atoms with Gasteiger partial charge in [-0.3, -0.25) is 14.5 Å². The van der Waals surface area contributed by atoms with Crippen LogP contribution in [0.1, 0.15) is 68.4 Å². The largest absolute Gasteiger partial charge is 0.341 e. The van der Waals surface area contributed by atoms with E-state index in [1.807, 2.05) is 11.1 Å². The van der Waals surface area contributed by atoms with Crippen molar-refractivity contribution in [3.8, 4) is 0 Å². The molecule has 172 valence electrons. The smallest absolute Gasteiger partial charge is 0.255 e. The molecule has 1 N–H and O–H groups in total. The van der Waals surface area contributed by atoms with E-state index < -0.39 is 0 Å². The van der Waals surface area contributed by atoms with Crippen molar-refractivity contribution in [1.82, 2.24) is 29.3 Å². The Balaban J connectivity index is 1.21. The molecule has 2 aromatic heterocycles. The molecule has 0 unspecified atom stereocenters. The Morgan fingerprint density at radius 2 is 1.91 bits per heavy atom. The zero-order chi connectivity index (χ0) is 22.1. The lowest BCUT2D eigenvalue weighted by molar-refractivity contribution is -0.132. The van der Waals surface area contributed by atoms with Crippen molar-refractivity contribution in [3.05, 3.63) is 46.2 Å². The first-order valence-electron chi connectivity index (χ1n) is 12.2. The average molecular weight is 439 g/mol. The zero-order valence-corrected chi connectivity index (χ0v) is 19.0. The molecule has 0 spiro atoms. The lowest BCUT2D eigenvalue weighted by atomic mass is 9.86. The number of aromatic nitrogens is 4. The Labute approximate surface area is 189 Å². The topological polar surface area (TPSA) is 87.1 Å². The third-order valence-corrected chi connectivity index (χ3v) is 7.73. The van der Waals surface area contributed by atoms with Crippen LogP contribution in [0.5, 0.6) is 0 Å². The molecule has 5 rings (SSSR count). The summed E-state index contributed by atoms with van der Waals surface area (Å²) in [7, 11) is 0. The maximum atomic E-state index is 13.0. The normalized spacial score (nSPS) is 25.0. The highest BCUT2D eigenvalue weighted by atomic mass is 16.2. The van der Waals surface area contributed by atoms with E-state index in [2.05, 4.69) is 21.8 Å². The Kier molecular flexibility index (Phi) is 6.13. The molecule has 0 atom stereocenters. The molecule has 2 fully saturated rings. The number of likely N-dealkylation sites (tertiary alicyclic amines) is 1. The third kappa shape index (κ3) is 4.51. The number of carbonyl (C=O) groups excluding carboxylic acids is 1. The predicted octanol–water partition coefficient (Wildman–Crippen LogP) is 2.31. The quantitative estimate of drug-likeness (QED) is 0.792. The van der Waals surface area contributed by atoms with Crippen molar-refractivity contribution < 1.29 is 4.79 Å². The number of H-pyrrole nitrogens is 1. The maximum absolute atomic E-state index is 13.0. The van der Waals surface area contributed by atoms with E-state index in [1.54, 1.807) is 17.1 Å². The molecular formula is C24H34N6O2. The number of hydrogen-bond donors (Lipinski definition) is 1. The summed E-state index contributed by atoms with van der Waals surface area (Å²) in [4.78, 5) is 41.9. The van der Waals surface area contributed by atoms with Gasteiger partial charge in [-0.05, 0) is 44.4 Å². The first kappa shape index (κ1) is 21.4. The number of nitrogens with zero attached hydrogens (tertiary/aromatic N) is 5. The van der Waals surface area contributed by atoms with Crippen molar-refractivity contribution in [2.24, 2.45) is 5.92 Å². The van der Waals surface area contributed by atoms with Crippen LogP contribution in [0.3, 0.4) is 0 Å². The molecule has 0 aromatic carbocycles.